The maximum Gasteiger partial charge on any atom is 0.198 e. The Balaban J connectivity index is 2.22. The number of nitrogens with two attached hydrogens (primary N) is 1. The fourth-order valence-corrected chi connectivity index (χ4v) is 2.04. The summed E-state index contributed by atoms with van der Waals surface area (Å²) in [5, 5.41) is 1.12. The van der Waals surface area contributed by atoms with Gasteiger partial charge in [-0.25, -0.2) is 4.98 Å². The number of H-pyrrole nitrogens is 1. The first kappa shape index (κ1) is 12.5. The van der Waals surface area contributed by atoms with Gasteiger partial charge in [-0.15, -0.1) is 9.24 Å². The largest absolute Gasteiger partial charge is 0.369 e. The van der Waals surface area contributed by atoms with E-state index >= 15 is 0 Å². The van der Waals surface area contributed by atoms with E-state index in [1.54, 1.807) is 6.21 Å². The standard InChI is InChI=1S/C13H15N4P/c1-2-15-6-4-3-5-9-7-10-11(8-12(9)18)17-13(14)16-10/h2-4,6-8H,1,5,18H2,(H3,14,16,17)/b4-3-,15-6?. The smallest absolute Gasteiger partial charge is 0.198 e. The predicted molar refractivity (Wildman–Crippen MR) is 81.4 cm³/mol. The van der Waals surface area contributed by atoms with Crippen LogP contribution in [0.15, 0.2) is 42.1 Å². The molecule has 1 aromatic heterocycles. The Morgan fingerprint density at radius 2 is 2.33 bits per heavy atom. The van der Waals surface area contributed by atoms with Gasteiger partial charge in [0.1, 0.15) is 0 Å². The zero-order valence-corrected chi connectivity index (χ0v) is 11.1. The first-order valence-corrected chi connectivity index (χ1v) is 6.11. The van der Waals surface area contributed by atoms with Crippen LogP contribution in [0.5, 0.6) is 0 Å². The quantitative estimate of drug-likeness (QED) is 0.650. The highest BCUT2D eigenvalue weighted by Crippen LogP contribution is 2.15. The van der Waals surface area contributed by atoms with Gasteiger partial charge in [-0.3, -0.25) is 4.99 Å². The fraction of sp³-hybridized carbons (Fsp3) is 0.0769. The summed E-state index contributed by atoms with van der Waals surface area (Å²) in [5.41, 5.74) is 8.69. The van der Waals surface area contributed by atoms with Crippen molar-refractivity contribution in [2.45, 2.75) is 6.42 Å². The van der Waals surface area contributed by atoms with E-state index in [2.05, 4.69) is 36.8 Å². The van der Waals surface area contributed by atoms with E-state index in [1.165, 1.54) is 11.8 Å². The average molecular weight is 258 g/mol. The average Bonchev–Trinajstić information content (AvgIpc) is 2.68. The van der Waals surface area contributed by atoms with E-state index in [9.17, 15) is 0 Å². The van der Waals surface area contributed by atoms with Crippen LogP contribution in [0, 0.1) is 0 Å². The van der Waals surface area contributed by atoms with Crippen molar-refractivity contribution in [3.63, 3.8) is 0 Å². The Morgan fingerprint density at radius 3 is 3.11 bits per heavy atom. The van der Waals surface area contributed by atoms with Crippen molar-refractivity contribution in [3.05, 3.63) is 42.6 Å². The first-order valence-electron chi connectivity index (χ1n) is 5.53. The first-order chi connectivity index (χ1) is 8.70. The number of allylic oxidation sites excluding steroid dienone is 2. The normalized spacial score (nSPS) is 11.8. The summed E-state index contributed by atoms with van der Waals surface area (Å²) in [4.78, 5) is 11.1. The van der Waals surface area contributed by atoms with Gasteiger partial charge in [-0.1, -0.05) is 12.7 Å². The minimum atomic E-state index is 0.445. The van der Waals surface area contributed by atoms with Crippen LogP contribution >= 0.6 is 9.24 Å². The third-order valence-electron chi connectivity index (χ3n) is 2.51. The molecule has 1 aromatic carbocycles. The van der Waals surface area contributed by atoms with Crippen LogP contribution in [-0.4, -0.2) is 16.2 Å². The molecule has 3 N–H and O–H groups in total. The molecule has 0 aliphatic rings. The highest BCUT2D eigenvalue weighted by Gasteiger charge is 2.04. The number of nitrogens with zero attached hydrogens (tertiary/aromatic N) is 2. The van der Waals surface area contributed by atoms with E-state index < -0.39 is 0 Å². The Morgan fingerprint density at radius 1 is 1.50 bits per heavy atom. The lowest BCUT2D eigenvalue weighted by Crippen LogP contribution is -2.00. The van der Waals surface area contributed by atoms with Gasteiger partial charge < -0.3 is 10.7 Å². The number of hydrogen-bond donors (Lipinski definition) is 2. The second kappa shape index (κ2) is 5.61. The number of nitrogen functional groups attached to an aromatic ring is 1. The summed E-state index contributed by atoms with van der Waals surface area (Å²) < 4.78 is 0. The van der Waals surface area contributed by atoms with Gasteiger partial charge in [-0.05, 0) is 35.5 Å². The number of anilines is 1. The summed E-state index contributed by atoms with van der Waals surface area (Å²) in [6, 6.07) is 4.07. The van der Waals surface area contributed by atoms with E-state index in [-0.39, 0.29) is 0 Å². The molecule has 1 heterocycles. The Labute approximate surface area is 108 Å². The number of aliphatic imine (C=N–C) groups is 1. The number of fused-ring (bicyclic) bond motifs is 1. The van der Waals surface area contributed by atoms with Gasteiger partial charge in [0.05, 0.1) is 11.0 Å². The van der Waals surface area contributed by atoms with Gasteiger partial charge in [0, 0.05) is 12.4 Å². The molecular formula is C13H15N4P. The van der Waals surface area contributed by atoms with Crippen molar-refractivity contribution >= 4 is 37.7 Å². The number of hydrogen-bond acceptors (Lipinski definition) is 3. The van der Waals surface area contributed by atoms with Crippen LogP contribution < -0.4 is 11.0 Å². The summed E-state index contributed by atoms with van der Waals surface area (Å²) in [5.74, 6) is 0.445. The van der Waals surface area contributed by atoms with Crippen LogP contribution in [0.3, 0.4) is 0 Å². The van der Waals surface area contributed by atoms with E-state index in [0.29, 0.717) is 5.95 Å². The third-order valence-corrected chi connectivity index (χ3v) is 3.05. The van der Waals surface area contributed by atoms with Gasteiger partial charge in [0.15, 0.2) is 5.95 Å². The molecule has 0 amide bonds. The molecule has 0 spiro atoms. The summed E-state index contributed by atoms with van der Waals surface area (Å²) >= 11 is 0. The van der Waals surface area contributed by atoms with Gasteiger partial charge >= 0.3 is 0 Å². The monoisotopic (exact) mass is 258 g/mol. The van der Waals surface area contributed by atoms with Gasteiger partial charge in [0.2, 0.25) is 0 Å². The highest BCUT2D eigenvalue weighted by molar-refractivity contribution is 7.27. The molecule has 5 heteroatoms. The molecule has 0 radical (unpaired) electrons. The van der Waals surface area contributed by atoms with Crippen molar-refractivity contribution in [3.8, 4) is 0 Å². The van der Waals surface area contributed by atoms with Crippen LogP contribution in [0.1, 0.15) is 5.56 Å². The van der Waals surface area contributed by atoms with Gasteiger partial charge in [0.25, 0.3) is 0 Å². The summed E-state index contributed by atoms with van der Waals surface area (Å²) in [6.07, 6.45) is 7.99. The molecule has 4 nitrogen and oxygen atoms in total. The maximum atomic E-state index is 5.63. The third kappa shape index (κ3) is 2.84. The highest BCUT2D eigenvalue weighted by atomic mass is 31.0. The van der Waals surface area contributed by atoms with Crippen molar-refractivity contribution in [2.75, 3.05) is 5.73 Å². The number of benzene rings is 1. The number of aromatic amines is 1. The molecule has 2 aromatic rings. The van der Waals surface area contributed by atoms with E-state index in [4.69, 9.17) is 5.73 Å². The number of aromatic nitrogens is 2. The molecule has 92 valence electrons. The molecule has 18 heavy (non-hydrogen) atoms. The van der Waals surface area contributed by atoms with Crippen LogP contribution in [0.4, 0.5) is 5.95 Å². The molecule has 1 unspecified atom stereocenters. The Hall–Kier alpha value is -1.93. The van der Waals surface area contributed by atoms with Crippen molar-refractivity contribution in [2.24, 2.45) is 4.99 Å². The molecule has 1 atom stereocenters. The van der Waals surface area contributed by atoms with Crippen molar-refractivity contribution < 1.29 is 0 Å². The van der Waals surface area contributed by atoms with E-state index in [1.807, 2.05) is 18.2 Å². The van der Waals surface area contributed by atoms with Crippen molar-refractivity contribution in [1.29, 1.82) is 0 Å². The minimum absolute atomic E-state index is 0.445. The zero-order chi connectivity index (χ0) is 13.0. The Kier molecular flexibility index (Phi) is 3.90. The fourth-order valence-electron chi connectivity index (χ4n) is 1.68. The molecular weight excluding hydrogens is 243 g/mol. The lowest BCUT2D eigenvalue weighted by atomic mass is 10.1. The molecule has 0 saturated carbocycles. The number of nitrogens with one attached hydrogen (secondary N) is 1. The van der Waals surface area contributed by atoms with Crippen LogP contribution in [0.2, 0.25) is 0 Å². The topological polar surface area (TPSA) is 67.1 Å². The van der Waals surface area contributed by atoms with E-state index in [0.717, 1.165) is 22.8 Å². The number of imidazole rings is 1. The second-order valence-corrected chi connectivity index (χ2v) is 4.43. The SMILES string of the molecule is C=CN=C/C=C\Cc1cc2[nH]c(N)nc2cc1P. The van der Waals surface area contributed by atoms with Gasteiger partial charge in [-0.2, -0.15) is 0 Å². The lowest BCUT2D eigenvalue weighted by molar-refractivity contribution is 1.30. The molecule has 0 aliphatic carbocycles. The Bertz CT molecular complexity index is 625. The second-order valence-electron chi connectivity index (χ2n) is 3.80. The lowest BCUT2D eigenvalue weighted by Gasteiger charge is -2.02. The molecule has 0 bridgehead atoms. The molecule has 0 saturated heterocycles. The minimum Gasteiger partial charge on any atom is -0.369 e. The van der Waals surface area contributed by atoms with Crippen LogP contribution in [0.25, 0.3) is 11.0 Å². The zero-order valence-electron chi connectivity index (χ0n) is 9.93. The maximum absolute atomic E-state index is 5.63. The number of rotatable bonds is 4. The van der Waals surface area contributed by atoms with Crippen molar-refractivity contribution in [1.82, 2.24) is 9.97 Å². The van der Waals surface area contributed by atoms with Crippen LogP contribution in [-0.2, 0) is 6.42 Å². The molecule has 0 aliphatic heterocycles. The molecule has 0 fully saturated rings. The summed E-state index contributed by atoms with van der Waals surface area (Å²) in [7, 11) is 2.72. The summed E-state index contributed by atoms with van der Waals surface area (Å²) in [6.45, 7) is 3.51. The predicted octanol–water partition coefficient (Wildman–Crippen LogP) is 1.96. The molecule has 2 rings (SSSR count).